The van der Waals surface area contributed by atoms with Crippen LogP contribution in [0.5, 0.6) is 0 Å². The predicted octanol–water partition coefficient (Wildman–Crippen LogP) is 3.35. The Balaban J connectivity index is 2.63. The van der Waals surface area contributed by atoms with Crippen molar-refractivity contribution in [2.75, 3.05) is 6.61 Å². The highest BCUT2D eigenvalue weighted by molar-refractivity contribution is 7.99. The van der Waals surface area contributed by atoms with Gasteiger partial charge in [-0.2, -0.15) is 0 Å². The topological polar surface area (TPSA) is 45.1 Å². The van der Waals surface area contributed by atoms with Gasteiger partial charge in [-0.25, -0.2) is 4.98 Å². The number of hydrogen-bond acceptors (Lipinski definition) is 4. The van der Waals surface area contributed by atoms with Gasteiger partial charge in [-0.15, -0.1) is 11.8 Å². The van der Waals surface area contributed by atoms with E-state index in [9.17, 15) is 5.11 Å². The summed E-state index contributed by atoms with van der Waals surface area (Å²) in [6.07, 6.45) is 2.60. The van der Waals surface area contributed by atoms with Crippen molar-refractivity contribution in [1.82, 2.24) is 10.3 Å². The minimum Gasteiger partial charge on any atom is -0.394 e. The number of thioether (sulfide) groups is 1. The van der Waals surface area contributed by atoms with Gasteiger partial charge in [0, 0.05) is 23.0 Å². The monoisotopic (exact) mass is 302 g/mol. The first kappa shape index (κ1) is 16.8. The van der Waals surface area contributed by atoms with Crippen molar-refractivity contribution in [3.63, 3.8) is 0 Å². The Bertz CT molecular complexity index is 403. The van der Waals surface area contributed by atoms with Crippen molar-refractivity contribution < 1.29 is 5.11 Å². The molecule has 108 valence electrons. The average Bonchev–Trinajstić information content (AvgIpc) is 2.31. The van der Waals surface area contributed by atoms with Crippen LogP contribution in [0, 0.1) is 0 Å². The third kappa shape index (κ3) is 5.69. The SMILES string of the molecule is CC(C)NC(C)(CO)CC(C)Sc1ncccc1Cl. The van der Waals surface area contributed by atoms with Gasteiger partial charge in [0.1, 0.15) is 5.03 Å². The second-order valence-corrected chi connectivity index (χ2v) is 7.28. The summed E-state index contributed by atoms with van der Waals surface area (Å²) < 4.78 is 0. The van der Waals surface area contributed by atoms with Gasteiger partial charge in [0.25, 0.3) is 0 Å². The molecule has 0 spiro atoms. The fourth-order valence-electron chi connectivity index (χ4n) is 2.19. The van der Waals surface area contributed by atoms with E-state index in [-0.39, 0.29) is 12.1 Å². The lowest BCUT2D eigenvalue weighted by Crippen LogP contribution is -2.50. The molecule has 19 heavy (non-hydrogen) atoms. The molecule has 0 saturated carbocycles. The molecule has 0 aromatic carbocycles. The quantitative estimate of drug-likeness (QED) is 0.758. The van der Waals surface area contributed by atoms with Gasteiger partial charge < -0.3 is 10.4 Å². The van der Waals surface area contributed by atoms with Crippen LogP contribution in [-0.4, -0.2) is 33.5 Å². The summed E-state index contributed by atoms with van der Waals surface area (Å²) in [7, 11) is 0. The molecule has 5 heteroatoms. The van der Waals surface area contributed by atoms with Gasteiger partial charge in [0.05, 0.1) is 11.6 Å². The number of hydrogen-bond donors (Lipinski definition) is 2. The van der Waals surface area contributed by atoms with Crippen LogP contribution in [0.3, 0.4) is 0 Å². The van der Waals surface area contributed by atoms with Gasteiger partial charge in [-0.1, -0.05) is 32.4 Å². The Kier molecular flexibility index (Phi) is 6.60. The molecule has 1 aromatic rings. The van der Waals surface area contributed by atoms with E-state index in [0.717, 1.165) is 11.4 Å². The van der Waals surface area contributed by atoms with Crippen LogP contribution < -0.4 is 5.32 Å². The molecule has 2 unspecified atom stereocenters. The normalized spacial score (nSPS) is 16.4. The molecule has 3 nitrogen and oxygen atoms in total. The molecule has 0 aliphatic heterocycles. The number of nitrogens with zero attached hydrogens (tertiary/aromatic N) is 1. The summed E-state index contributed by atoms with van der Waals surface area (Å²) in [4.78, 5) is 4.28. The van der Waals surface area contributed by atoms with Crippen molar-refractivity contribution in [3.05, 3.63) is 23.4 Å². The van der Waals surface area contributed by atoms with Crippen LogP contribution >= 0.6 is 23.4 Å². The lowest BCUT2D eigenvalue weighted by Gasteiger charge is -2.33. The van der Waals surface area contributed by atoms with Gasteiger partial charge in [0.2, 0.25) is 0 Å². The minimum atomic E-state index is -0.276. The maximum absolute atomic E-state index is 9.59. The second kappa shape index (κ2) is 7.48. The van der Waals surface area contributed by atoms with Crippen LogP contribution in [-0.2, 0) is 0 Å². The van der Waals surface area contributed by atoms with E-state index in [2.05, 4.69) is 31.1 Å². The molecule has 0 radical (unpaired) electrons. The molecule has 2 atom stereocenters. The van der Waals surface area contributed by atoms with E-state index in [1.165, 1.54) is 0 Å². The number of aliphatic hydroxyl groups is 1. The molecule has 0 aliphatic rings. The summed E-state index contributed by atoms with van der Waals surface area (Å²) in [6, 6.07) is 4.02. The highest BCUT2D eigenvalue weighted by Crippen LogP contribution is 2.31. The van der Waals surface area contributed by atoms with Crippen LogP contribution in [0.25, 0.3) is 0 Å². The first-order valence-corrected chi connectivity index (χ1v) is 7.78. The third-order valence-corrected chi connectivity index (χ3v) is 4.30. The standard InChI is InChI=1S/C14H23ClN2OS/c1-10(2)17-14(4,9-18)8-11(3)19-13-12(15)6-5-7-16-13/h5-7,10-11,17-18H,8-9H2,1-4H3. The first-order valence-electron chi connectivity index (χ1n) is 6.52. The number of aliphatic hydroxyl groups excluding tert-OH is 1. The molecular weight excluding hydrogens is 280 g/mol. The van der Waals surface area contributed by atoms with Gasteiger partial charge >= 0.3 is 0 Å². The molecule has 1 heterocycles. The Hall–Kier alpha value is -0.290. The summed E-state index contributed by atoms with van der Waals surface area (Å²) in [5.74, 6) is 0. The van der Waals surface area contributed by atoms with E-state index in [1.807, 2.05) is 19.1 Å². The van der Waals surface area contributed by atoms with E-state index in [4.69, 9.17) is 11.6 Å². The third-order valence-electron chi connectivity index (χ3n) is 2.76. The smallest absolute Gasteiger partial charge is 0.115 e. The van der Waals surface area contributed by atoms with E-state index in [1.54, 1.807) is 18.0 Å². The van der Waals surface area contributed by atoms with Gasteiger partial charge in [0.15, 0.2) is 0 Å². The van der Waals surface area contributed by atoms with Gasteiger partial charge in [-0.3, -0.25) is 0 Å². The Morgan fingerprint density at radius 1 is 1.47 bits per heavy atom. The molecular formula is C14H23ClN2OS. The van der Waals surface area contributed by atoms with E-state index >= 15 is 0 Å². The largest absolute Gasteiger partial charge is 0.394 e. The molecule has 2 N–H and O–H groups in total. The fourth-order valence-corrected chi connectivity index (χ4v) is 3.58. The first-order chi connectivity index (χ1) is 8.86. The number of halogens is 1. The van der Waals surface area contributed by atoms with Crippen LogP contribution in [0.1, 0.15) is 34.1 Å². The van der Waals surface area contributed by atoms with Crippen LogP contribution in [0.2, 0.25) is 5.02 Å². The Labute approximate surface area is 125 Å². The summed E-state index contributed by atoms with van der Waals surface area (Å²) in [6.45, 7) is 8.46. The number of nitrogens with one attached hydrogen (secondary N) is 1. The highest BCUT2D eigenvalue weighted by Gasteiger charge is 2.27. The van der Waals surface area contributed by atoms with Crippen molar-refractivity contribution in [1.29, 1.82) is 0 Å². The van der Waals surface area contributed by atoms with Crippen LogP contribution in [0.4, 0.5) is 0 Å². The maximum Gasteiger partial charge on any atom is 0.115 e. The zero-order valence-corrected chi connectivity index (χ0v) is 13.6. The second-order valence-electron chi connectivity index (χ2n) is 5.44. The molecule has 0 fully saturated rings. The summed E-state index contributed by atoms with van der Waals surface area (Å²) in [5.41, 5.74) is -0.276. The molecule has 1 rings (SSSR count). The summed E-state index contributed by atoms with van der Waals surface area (Å²) in [5, 5.41) is 14.9. The van der Waals surface area contributed by atoms with Gasteiger partial charge in [-0.05, 0) is 25.5 Å². The summed E-state index contributed by atoms with van der Waals surface area (Å²) >= 11 is 7.75. The average molecular weight is 303 g/mol. The molecule has 0 aliphatic carbocycles. The maximum atomic E-state index is 9.59. The Morgan fingerprint density at radius 2 is 2.16 bits per heavy atom. The van der Waals surface area contributed by atoms with E-state index in [0.29, 0.717) is 16.3 Å². The minimum absolute atomic E-state index is 0.117. The zero-order chi connectivity index (χ0) is 14.5. The Morgan fingerprint density at radius 3 is 2.68 bits per heavy atom. The number of pyridine rings is 1. The zero-order valence-electron chi connectivity index (χ0n) is 12.0. The highest BCUT2D eigenvalue weighted by atomic mass is 35.5. The van der Waals surface area contributed by atoms with Crippen molar-refractivity contribution >= 4 is 23.4 Å². The molecule has 0 saturated heterocycles. The fraction of sp³-hybridized carbons (Fsp3) is 0.643. The van der Waals surface area contributed by atoms with Crippen LogP contribution in [0.15, 0.2) is 23.4 Å². The predicted molar refractivity (Wildman–Crippen MR) is 82.9 cm³/mol. The van der Waals surface area contributed by atoms with E-state index < -0.39 is 0 Å². The number of rotatable bonds is 7. The molecule has 0 bridgehead atoms. The van der Waals surface area contributed by atoms with Crippen molar-refractivity contribution in [3.8, 4) is 0 Å². The van der Waals surface area contributed by atoms with Crippen molar-refractivity contribution in [2.24, 2.45) is 0 Å². The van der Waals surface area contributed by atoms with Crippen molar-refractivity contribution in [2.45, 2.75) is 56.0 Å². The number of aromatic nitrogens is 1. The lowest BCUT2D eigenvalue weighted by atomic mass is 9.96. The molecule has 0 amide bonds. The molecule has 1 aromatic heterocycles. The lowest BCUT2D eigenvalue weighted by molar-refractivity contribution is 0.157.